The van der Waals surface area contributed by atoms with Crippen molar-refractivity contribution in [3.8, 4) is 5.75 Å². The molecule has 3 rings (SSSR count). The number of nitrogens with zero attached hydrogens (tertiary/aromatic N) is 1. The fourth-order valence-electron chi connectivity index (χ4n) is 3.82. The molecule has 0 bridgehead atoms. The Kier molecular flexibility index (Phi) is 7.10. The van der Waals surface area contributed by atoms with E-state index >= 15 is 0 Å². The van der Waals surface area contributed by atoms with Crippen LogP contribution in [0.3, 0.4) is 0 Å². The number of carbonyl (C=O) groups excluding carboxylic acids is 2. The van der Waals surface area contributed by atoms with Gasteiger partial charge in [-0.05, 0) is 31.4 Å². The first kappa shape index (κ1) is 19.7. The zero-order valence-electron chi connectivity index (χ0n) is 16.1. The molecule has 6 nitrogen and oxygen atoms in total. The Bertz CT molecular complexity index is 643. The van der Waals surface area contributed by atoms with Gasteiger partial charge in [-0.3, -0.25) is 9.59 Å². The Labute approximate surface area is 161 Å². The van der Waals surface area contributed by atoms with Crippen molar-refractivity contribution >= 4 is 17.5 Å². The molecule has 1 saturated heterocycles. The molecule has 1 atom stereocenters. The number of ether oxygens (including phenoxy) is 2. The van der Waals surface area contributed by atoms with Crippen molar-refractivity contribution in [1.29, 1.82) is 0 Å². The quantitative estimate of drug-likeness (QED) is 0.711. The lowest BCUT2D eigenvalue weighted by atomic mass is 9.98. The maximum absolute atomic E-state index is 12.4. The number of benzene rings is 1. The highest BCUT2D eigenvalue weighted by atomic mass is 16.5. The van der Waals surface area contributed by atoms with Gasteiger partial charge in [0.2, 0.25) is 11.8 Å². The van der Waals surface area contributed by atoms with Crippen molar-refractivity contribution in [3.63, 3.8) is 0 Å². The van der Waals surface area contributed by atoms with Crippen LogP contribution in [0.1, 0.15) is 44.9 Å². The predicted octanol–water partition coefficient (Wildman–Crippen LogP) is 2.90. The van der Waals surface area contributed by atoms with Gasteiger partial charge in [0.05, 0.1) is 19.1 Å². The molecule has 1 saturated carbocycles. The Morgan fingerprint density at radius 1 is 1.26 bits per heavy atom. The van der Waals surface area contributed by atoms with Crippen LogP contribution in [0.2, 0.25) is 0 Å². The third-order valence-electron chi connectivity index (χ3n) is 5.39. The van der Waals surface area contributed by atoms with E-state index in [-0.39, 0.29) is 24.2 Å². The number of nitrogens with one attached hydrogen (secondary N) is 1. The summed E-state index contributed by atoms with van der Waals surface area (Å²) in [7, 11) is 1.60. The van der Waals surface area contributed by atoms with E-state index in [1.807, 2.05) is 24.3 Å². The van der Waals surface area contributed by atoms with Crippen LogP contribution >= 0.6 is 0 Å². The van der Waals surface area contributed by atoms with Crippen molar-refractivity contribution < 1.29 is 19.1 Å². The van der Waals surface area contributed by atoms with Gasteiger partial charge in [0.1, 0.15) is 5.75 Å². The highest BCUT2D eigenvalue weighted by Gasteiger charge is 2.35. The summed E-state index contributed by atoms with van der Waals surface area (Å²) in [6, 6.07) is 7.37. The summed E-state index contributed by atoms with van der Waals surface area (Å²) in [4.78, 5) is 26.4. The molecule has 1 N–H and O–H groups in total. The topological polar surface area (TPSA) is 67.9 Å². The van der Waals surface area contributed by atoms with Crippen molar-refractivity contribution in [2.24, 2.45) is 5.92 Å². The Morgan fingerprint density at radius 3 is 2.85 bits per heavy atom. The maximum atomic E-state index is 12.4. The average Bonchev–Trinajstić information content (AvgIpc) is 3.10. The summed E-state index contributed by atoms with van der Waals surface area (Å²) in [6.07, 6.45) is 7.64. The second kappa shape index (κ2) is 9.74. The number of rotatable bonds is 8. The number of anilines is 1. The van der Waals surface area contributed by atoms with Gasteiger partial charge in [0.25, 0.3) is 0 Å². The normalized spacial score (nSPS) is 20.7. The molecule has 6 heteroatoms. The van der Waals surface area contributed by atoms with E-state index in [0.29, 0.717) is 31.5 Å². The van der Waals surface area contributed by atoms with Gasteiger partial charge < -0.3 is 19.7 Å². The molecule has 1 aromatic rings. The van der Waals surface area contributed by atoms with E-state index in [0.717, 1.165) is 24.9 Å². The third-order valence-corrected chi connectivity index (χ3v) is 5.39. The maximum Gasteiger partial charge on any atom is 0.227 e. The third kappa shape index (κ3) is 5.45. The zero-order chi connectivity index (χ0) is 19.1. The highest BCUT2D eigenvalue weighted by molar-refractivity contribution is 6.00. The minimum Gasteiger partial charge on any atom is -0.497 e. The van der Waals surface area contributed by atoms with Crippen LogP contribution in [0.25, 0.3) is 0 Å². The molecule has 2 aliphatic rings. The van der Waals surface area contributed by atoms with Crippen LogP contribution in [-0.2, 0) is 14.3 Å². The van der Waals surface area contributed by atoms with Gasteiger partial charge >= 0.3 is 0 Å². The molecule has 1 aliphatic carbocycles. The van der Waals surface area contributed by atoms with Gasteiger partial charge in [-0.2, -0.15) is 0 Å². The van der Waals surface area contributed by atoms with E-state index in [9.17, 15) is 9.59 Å². The molecule has 1 unspecified atom stereocenters. The number of methoxy groups -OCH3 is 1. The second-order valence-corrected chi connectivity index (χ2v) is 7.38. The molecule has 0 spiro atoms. The fourth-order valence-corrected chi connectivity index (χ4v) is 3.82. The largest absolute Gasteiger partial charge is 0.497 e. The molecule has 148 valence electrons. The Hall–Kier alpha value is -2.08. The van der Waals surface area contributed by atoms with Gasteiger partial charge in [-0.25, -0.2) is 0 Å². The van der Waals surface area contributed by atoms with E-state index < -0.39 is 0 Å². The molecule has 27 heavy (non-hydrogen) atoms. The van der Waals surface area contributed by atoms with Crippen LogP contribution in [0, 0.1) is 5.92 Å². The number of carbonyl (C=O) groups is 2. The smallest absolute Gasteiger partial charge is 0.227 e. The van der Waals surface area contributed by atoms with E-state index in [4.69, 9.17) is 9.47 Å². The number of amides is 2. The first-order valence-electron chi connectivity index (χ1n) is 10.0. The zero-order valence-corrected chi connectivity index (χ0v) is 16.1. The highest BCUT2D eigenvalue weighted by Crippen LogP contribution is 2.28. The van der Waals surface area contributed by atoms with Crippen LogP contribution in [0.4, 0.5) is 5.69 Å². The summed E-state index contributed by atoms with van der Waals surface area (Å²) >= 11 is 0. The summed E-state index contributed by atoms with van der Waals surface area (Å²) in [5.74, 6) is 0.324. The van der Waals surface area contributed by atoms with Gasteiger partial charge in [-0.15, -0.1) is 0 Å². The minimum absolute atomic E-state index is 0.0240. The fraction of sp³-hybridized carbons (Fsp3) is 0.619. The Balaban J connectivity index is 1.39. The lowest BCUT2D eigenvalue weighted by Crippen LogP contribution is -2.34. The molecule has 2 amide bonds. The minimum atomic E-state index is -0.303. The molecule has 1 aromatic carbocycles. The first-order chi connectivity index (χ1) is 13.2. The van der Waals surface area contributed by atoms with Gasteiger partial charge in [0, 0.05) is 37.9 Å². The second-order valence-electron chi connectivity index (χ2n) is 7.38. The summed E-state index contributed by atoms with van der Waals surface area (Å²) in [6.45, 7) is 1.69. The molecule has 0 aromatic heterocycles. The van der Waals surface area contributed by atoms with Gasteiger partial charge in [0.15, 0.2) is 0 Å². The predicted molar refractivity (Wildman–Crippen MR) is 104 cm³/mol. The lowest BCUT2D eigenvalue weighted by molar-refractivity contribution is -0.126. The number of hydrogen-bond acceptors (Lipinski definition) is 4. The van der Waals surface area contributed by atoms with Crippen LogP contribution in [0.15, 0.2) is 24.3 Å². The molecule has 1 aliphatic heterocycles. The Morgan fingerprint density at radius 2 is 2.07 bits per heavy atom. The average molecular weight is 374 g/mol. The summed E-state index contributed by atoms with van der Waals surface area (Å²) in [5, 5.41) is 2.95. The summed E-state index contributed by atoms with van der Waals surface area (Å²) in [5.41, 5.74) is 0.774. The van der Waals surface area contributed by atoms with E-state index in [1.54, 1.807) is 12.0 Å². The lowest BCUT2D eigenvalue weighted by Gasteiger charge is -2.22. The van der Waals surface area contributed by atoms with Gasteiger partial charge in [-0.1, -0.05) is 25.3 Å². The molecular weight excluding hydrogens is 344 g/mol. The molecular formula is C21H30N2O4. The number of hydrogen-bond donors (Lipinski definition) is 1. The molecule has 1 heterocycles. The van der Waals surface area contributed by atoms with Crippen molar-refractivity contribution in [2.75, 3.05) is 31.7 Å². The van der Waals surface area contributed by atoms with Crippen LogP contribution in [0.5, 0.6) is 5.75 Å². The molecule has 2 fully saturated rings. The van der Waals surface area contributed by atoms with Crippen LogP contribution < -0.4 is 15.0 Å². The van der Waals surface area contributed by atoms with Crippen LogP contribution in [-0.4, -0.2) is 44.7 Å². The van der Waals surface area contributed by atoms with Crippen molar-refractivity contribution in [2.45, 2.75) is 51.0 Å². The standard InChI is InChI=1S/C21H30N2O4/c1-26-19-10-5-7-17(14-19)23-15-16(13-20(23)24)21(25)22-11-6-12-27-18-8-3-2-4-9-18/h5,7,10,14,16,18H,2-4,6,8-9,11-13,15H2,1H3,(H,22,25). The van der Waals surface area contributed by atoms with E-state index in [1.165, 1.54) is 19.3 Å². The first-order valence-corrected chi connectivity index (χ1v) is 10.0. The SMILES string of the molecule is COc1cccc(N2CC(C(=O)NCCCOC3CCCCC3)CC2=O)c1. The van der Waals surface area contributed by atoms with Crippen molar-refractivity contribution in [1.82, 2.24) is 5.32 Å². The van der Waals surface area contributed by atoms with Crippen molar-refractivity contribution in [3.05, 3.63) is 24.3 Å². The summed E-state index contributed by atoms with van der Waals surface area (Å²) < 4.78 is 11.1. The monoisotopic (exact) mass is 374 g/mol. The van der Waals surface area contributed by atoms with E-state index in [2.05, 4.69) is 5.32 Å². The molecule has 0 radical (unpaired) electrons.